The van der Waals surface area contributed by atoms with Crippen LogP contribution in [0, 0.1) is 0 Å². The zero-order chi connectivity index (χ0) is 13.0. The van der Waals surface area contributed by atoms with Gasteiger partial charge in [-0.05, 0) is 5.56 Å². The molecule has 0 aromatic heterocycles. The molecule has 0 bridgehead atoms. The quantitative estimate of drug-likeness (QED) is 0.693. The standard InChI is InChI=1S/C13H17NO4/c15-11-6-12(16)14-10(13(11)17)8-18-7-9-4-2-1-3-5-9/h1-5,10-11,13,15,17H,6-8H2,(H,14,16)/t10-,11-,13-/m0/s1. The van der Waals surface area contributed by atoms with Crippen molar-refractivity contribution in [2.45, 2.75) is 31.3 Å². The zero-order valence-corrected chi connectivity index (χ0v) is 9.95. The Kier molecular flexibility index (Phi) is 4.30. The van der Waals surface area contributed by atoms with E-state index in [1.807, 2.05) is 30.3 Å². The maximum absolute atomic E-state index is 11.2. The van der Waals surface area contributed by atoms with Crippen molar-refractivity contribution in [3.8, 4) is 0 Å². The van der Waals surface area contributed by atoms with Crippen LogP contribution in [0.15, 0.2) is 30.3 Å². The minimum absolute atomic E-state index is 0.0592. The van der Waals surface area contributed by atoms with Gasteiger partial charge in [0.05, 0.1) is 31.8 Å². The molecule has 0 spiro atoms. The van der Waals surface area contributed by atoms with Crippen molar-refractivity contribution < 1.29 is 19.7 Å². The van der Waals surface area contributed by atoms with Crippen molar-refractivity contribution in [2.24, 2.45) is 0 Å². The van der Waals surface area contributed by atoms with E-state index in [1.165, 1.54) is 0 Å². The van der Waals surface area contributed by atoms with Crippen molar-refractivity contribution >= 4 is 5.91 Å². The second-order valence-electron chi connectivity index (χ2n) is 4.44. The van der Waals surface area contributed by atoms with E-state index in [4.69, 9.17) is 4.74 Å². The molecule has 3 atom stereocenters. The van der Waals surface area contributed by atoms with Gasteiger partial charge in [-0.25, -0.2) is 0 Å². The van der Waals surface area contributed by atoms with Gasteiger partial charge >= 0.3 is 0 Å². The van der Waals surface area contributed by atoms with Crippen molar-refractivity contribution in [3.05, 3.63) is 35.9 Å². The van der Waals surface area contributed by atoms with Gasteiger partial charge in [0, 0.05) is 0 Å². The minimum atomic E-state index is -1.01. The Morgan fingerprint density at radius 1 is 1.28 bits per heavy atom. The van der Waals surface area contributed by atoms with Gasteiger partial charge in [-0.1, -0.05) is 30.3 Å². The molecule has 1 amide bonds. The number of benzene rings is 1. The van der Waals surface area contributed by atoms with Crippen molar-refractivity contribution in [2.75, 3.05) is 6.61 Å². The Morgan fingerprint density at radius 2 is 2.00 bits per heavy atom. The lowest BCUT2D eigenvalue weighted by Gasteiger charge is -2.32. The van der Waals surface area contributed by atoms with Crippen molar-refractivity contribution in [1.29, 1.82) is 0 Å². The number of carbonyl (C=O) groups is 1. The molecule has 1 heterocycles. The molecule has 1 aromatic carbocycles. The second-order valence-corrected chi connectivity index (χ2v) is 4.44. The number of aliphatic hydroxyl groups excluding tert-OH is 2. The lowest BCUT2D eigenvalue weighted by Crippen LogP contribution is -2.56. The molecule has 98 valence electrons. The van der Waals surface area contributed by atoms with Crippen LogP contribution < -0.4 is 5.32 Å². The third-order valence-corrected chi connectivity index (χ3v) is 2.96. The second kappa shape index (κ2) is 5.95. The molecule has 5 nitrogen and oxygen atoms in total. The maximum Gasteiger partial charge on any atom is 0.223 e. The zero-order valence-electron chi connectivity index (χ0n) is 9.95. The van der Waals surface area contributed by atoms with Gasteiger partial charge in [0.1, 0.15) is 6.10 Å². The molecule has 5 heteroatoms. The SMILES string of the molecule is O=C1C[C@H](O)[C@@H](O)[C@H](COCc2ccccc2)N1. The molecule has 3 N–H and O–H groups in total. The summed E-state index contributed by atoms with van der Waals surface area (Å²) in [7, 11) is 0. The predicted molar refractivity (Wildman–Crippen MR) is 64.7 cm³/mol. The first kappa shape index (κ1) is 13.0. The Morgan fingerprint density at radius 3 is 2.72 bits per heavy atom. The molecule has 1 saturated heterocycles. The molecular formula is C13H17NO4. The first-order valence-corrected chi connectivity index (χ1v) is 5.94. The van der Waals surface area contributed by atoms with Crippen LogP contribution in [0.4, 0.5) is 0 Å². The monoisotopic (exact) mass is 251 g/mol. The van der Waals surface area contributed by atoms with Gasteiger partial charge < -0.3 is 20.3 Å². The molecule has 0 aliphatic carbocycles. The maximum atomic E-state index is 11.2. The van der Waals surface area contributed by atoms with Crippen LogP contribution in [-0.4, -0.2) is 41.0 Å². The Hall–Kier alpha value is -1.43. The number of amides is 1. The Bertz CT molecular complexity index is 395. The molecule has 1 aromatic rings. The fraction of sp³-hybridized carbons (Fsp3) is 0.462. The van der Waals surface area contributed by atoms with Crippen molar-refractivity contribution in [3.63, 3.8) is 0 Å². The Balaban J connectivity index is 1.81. The summed E-state index contributed by atoms with van der Waals surface area (Å²) < 4.78 is 5.44. The number of rotatable bonds is 4. The van der Waals surface area contributed by atoms with E-state index in [0.717, 1.165) is 5.56 Å². The first-order chi connectivity index (χ1) is 8.66. The molecule has 18 heavy (non-hydrogen) atoms. The van der Waals surface area contributed by atoms with Gasteiger partial charge in [-0.2, -0.15) is 0 Å². The highest BCUT2D eigenvalue weighted by atomic mass is 16.5. The van der Waals surface area contributed by atoms with E-state index in [1.54, 1.807) is 0 Å². The molecule has 0 radical (unpaired) electrons. The first-order valence-electron chi connectivity index (χ1n) is 5.94. The number of piperidine rings is 1. The third-order valence-electron chi connectivity index (χ3n) is 2.96. The van der Waals surface area contributed by atoms with Crippen LogP contribution in [0.5, 0.6) is 0 Å². The van der Waals surface area contributed by atoms with Gasteiger partial charge in [0.2, 0.25) is 5.91 Å². The largest absolute Gasteiger partial charge is 0.390 e. The van der Waals surface area contributed by atoms with E-state index in [-0.39, 0.29) is 18.9 Å². The molecule has 1 fully saturated rings. The van der Waals surface area contributed by atoms with Crippen molar-refractivity contribution in [1.82, 2.24) is 5.32 Å². The van der Waals surface area contributed by atoms with E-state index < -0.39 is 18.2 Å². The normalized spacial score (nSPS) is 27.9. The smallest absolute Gasteiger partial charge is 0.223 e. The van der Waals surface area contributed by atoms with E-state index in [2.05, 4.69) is 5.32 Å². The fourth-order valence-corrected chi connectivity index (χ4v) is 1.95. The molecular weight excluding hydrogens is 234 g/mol. The highest BCUT2D eigenvalue weighted by molar-refractivity contribution is 5.78. The summed E-state index contributed by atoms with van der Waals surface area (Å²) in [6.07, 6.45) is -2.04. The van der Waals surface area contributed by atoms with Crippen LogP contribution in [0.25, 0.3) is 0 Å². The highest BCUT2D eigenvalue weighted by Crippen LogP contribution is 2.11. The summed E-state index contributed by atoms with van der Waals surface area (Å²) in [5.41, 5.74) is 1.02. The summed E-state index contributed by atoms with van der Waals surface area (Å²) in [6, 6.07) is 9.07. The third kappa shape index (κ3) is 3.29. The summed E-state index contributed by atoms with van der Waals surface area (Å²) in [5.74, 6) is -0.263. The number of carbonyl (C=O) groups excluding carboxylic acids is 1. The molecule has 0 saturated carbocycles. The predicted octanol–water partition coefficient (Wildman–Crippen LogP) is -0.187. The number of hydrogen-bond acceptors (Lipinski definition) is 4. The average molecular weight is 251 g/mol. The van der Waals surface area contributed by atoms with Gasteiger partial charge in [-0.15, -0.1) is 0 Å². The van der Waals surface area contributed by atoms with E-state index >= 15 is 0 Å². The van der Waals surface area contributed by atoms with Crippen LogP contribution >= 0.6 is 0 Å². The minimum Gasteiger partial charge on any atom is -0.390 e. The van der Waals surface area contributed by atoms with E-state index in [9.17, 15) is 15.0 Å². The number of hydrogen-bond donors (Lipinski definition) is 3. The van der Waals surface area contributed by atoms with Crippen LogP contribution in [-0.2, 0) is 16.1 Å². The molecule has 2 rings (SSSR count). The number of ether oxygens (including phenoxy) is 1. The molecule has 1 aliphatic heterocycles. The van der Waals surface area contributed by atoms with Crippen LogP contribution in [0.3, 0.4) is 0 Å². The lowest BCUT2D eigenvalue weighted by atomic mass is 9.98. The van der Waals surface area contributed by atoms with Crippen LogP contribution in [0.1, 0.15) is 12.0 Å². The number of aliphatic hydroxyl groups is 2. The molecule has 1 aliphatic rings. The van der Waals surface area contributed by atoms with Gasteiger partial charge in [0.25, 0.3) is 0 Å². The lowest BCUT2D eigenvalue weighted by molar-refractivity contribution is -0.135. The fourth-order valence-electron chi connectivity index (χ4n) is 1.95. The van der Waals surface area contributed by atoms with Gasteiger partial charge in [0.15, 0.2) is 0 Å². The Labute approximate surface area is 105 Å². The highest BCUT2D eigenvalue weighted by Gasteiger charge is 2.34. The summed E-state index contributed by atoms with van der Waals surface area (Å²) >= 11 is 0. The summed E-state index contributed by atoms with van der Waals surface area (Å²) in [6.45, 7) is 0.592. The summed E-state index contributed by atoms with van der Waals surface area (Å²) in [4.78, 5) is 11.2. The van der Waals surface area contributed by atoms with E-state index in [0.29, 0.717) is 6.61 Å². The van der Waals surface area contributed by atoms with Gasteiger partial charge in [-0.3, -0.25) is 4.79 Å². The van der Waals surface area contributed by atoms with Crippen LogP contribution in [0.2, 0.25) is 0 Å². The number of nitrogens with one attached hydrogen (secondary N) is 1. The molecule has 0 unspecified atom stereocenters. The topological polar surface area (TPSA) is 78.8 Å². The average Bonchev–Trinajstić information content (AvgIpc) is 2.36. The summed E-state index contributed by atoms with van der Waals surface area (Å²) in [5, 5.41) is 21.8.